The molecule has 0 aliphatic heterocycles. The maximum Gasteiger partial charge on any atom is 0.275 e. The molecule has 3 aromatic carbocycles. The molecule has 0 spiro atoms. The molecule has 0 aliphatic carbocycles. The molecule has 1 unspecified atom stereocenters. The molecule has 0 bridgehead atoms. The van der Waals surface area contributed by atoms with Crippen molar-refractivity contribution in [2.75, 3.05) is 0 Å². The molecule has 3 rings (SSSR count). The number of amides is 1. The van der Waals surface area contributed by atoms with E-state index >= 15 is 0 Å². The quantitative estimate of drug-likeness (QED) is 0.547. The van der Waals surface area contributed by atoms with E-state index in [-0.39, 0.29) is 4.90 Å². The van der Waals surface area contributed by atoms with Crippen molar-refractivity contribution in [3.63, 3.8) is 0 Å². The van der Waals surface area contributed by atoms with Crippen molar-refractivity contribution in [1.82, 2.24) is 10.3 Å². The maximum absolute atomic E-state index is 12.3. The van der Waals surface area contributed by atoms with Crippen LogP contribution in [0.1, 0.15) is 12.5 Å². The normalized spacial score (nSPS) is 12.5. The molecule has 6 nitrogen and oxygen atoms in total. The first-order valence-corrected chi connectivity index (χ1v) is 10.8. The number of benzene rings is 3. The number of hydrazine groups is 1. The van der Waals surface area contributed by atoms with Crippen LogP contribution in [0, 0.1) is 6.92 Å². The van der Waals surface area contributed by atoms with E-state index in [4.69, 9.17) is 4.74 Å². The summed E-state index contributed by atoms with van der Waals surface area (Å²) in [6.45, 7) is 3.32. The second-order valence-corrected chi connectivity index (χ2v) is 8.81. The Hall–Kier alpha value is -2.42. The lowest BCUT2D eigenvalue weighted by molar-refractivity contribution is -0.127. The van der Waals surface area contributed by atoms with Crippen LogP contribution in [0.4, 0.5) is 0 Å². The Kier molecular flexibility index (Phi) is 6.02. The van der Waals surface area contributed by atoms with Crippen molar-refractivity contribution in [2.24, 2.45) is 0 Å². The molecule has 0 fully saturated rings. The highest BCUT2D eigenvalue weighted by atomic mass is 79.9. The zero-order valence-electron chi connectivity index (χ0n) is 15.3. The Balaban J connectivity index is 1.63. The fraction of sp³-hybridized carbons (Fsp3) is 0.150. The summed E-state index contributed by atoms with van der Waals surface area (Å²) in [7, 11) is -3.89. The average molecular weight is 463 g/mol. The highest BCUT2D eigenvalue weighted by Crippen LogP contribution is 2.22. The van der Waals surface area contributed by atoms with Crippen LogP contribution in [0.3, 0.4) is 0 Å². The zero-order chi connectivity index (χ0) is 20.3. The highest BCUT2D eigenvalue weighted by molar-refractivity contribution is 9.10. The zero-order valence-corrected chi connectivity index (χ0v) is 17.7. The lowest BCUT2D eigenvalue weighted by atomic mass is 10.1. The van der Waals surface area contributed by atoms with E-state index in [0.717, 1.165) is 20.8 Å². The van der Waals surface area contributed by atoms with Crippen LogP contribution >= 0.6 is 15.9 Å². The number of halogens is 1. The van der Waals surface area contributed by atoms with Crippen molar-refractivity contribution in [3.05, 3.63) is 70.7 Å². The monoisotopic (exact) mass is 462 g/mol. The fourth-order valence-corrected chi connectivity index (χ4v) is 3.74. The molecule has 1 atom stereocenters. The summed E-state index contributed by atoms with van der Waals surface area (Å²) in [6.07, 6.45) is -0.893. The van der Waals surface area contributed by atoms with Gasteiger partial charge in [0.1, 0.15) is 5.75 Å². The summed E-state index contributed by atoms with van der Waals surface area (Å²) in [5.74, 6) is -0.0849. The molecule has 0 saturated carbocycles. The number of hydrogen-bond donors (Lipinski definition) is 2. The number of carbonyl (C=O) groups is 1. The van der Waals surface area contributed by atoms with Gasteiger partial charge in [0.05, 0.1) is 4.90 Å². The SMILES string of the molecule is Cc1cc(S(=O)(=O)NNC(=O)C(C)Oc2ccc3ccccc3c2)ccc1Br. The Morgan fingerprint density at radius 3 is 2.46 bits per heavy atom. The number of nitrogens with one attached hydrogen (secondary N) is 2. The van der Waals surface area contributed by atoms with Crippen molar-refractivity contribution in [3.8, 4) is 5.75 Å². The second kappa shape index (κ2) is 8.30. The molecule has 0 aliphatic rings. The van der Waals surface area contributed by atoms with Crippen molar-refractivity contribution in [1.29, 1.82) is 0 Å². The van der Waals surface area contributed by atoms with E-state index in [9.17, 15) is 13.2 Å². The molecule has 0 aromatic heterocycles. The summed E-state index contributed by atoms with van der Waals surface area (Å²) >= 11 is 3.32. The fourth-order valence-electron chi connectivity index (χ4n) is 2.56. The number of fused-ring (bicyclic) bond motifs is 1. The molecule has 0 radical (unpaired) electrons. The highest BCUT2D eigenvalue weighted by Gasteiger charge is 2.20. The van der Waals surface area contributed by atoms with Crippen LogP contribution in [0.5, 0.6) is 5.75 Å². The number of sulfonamides is 1. The van der Waals surface area contributed by atoms with Gasteiger partial charge in [-0.15, -0.1) is 4.83 Å². The Morgan fingerprint density at radius 1 is 1.04 bits per heavy atom. The van der Waals surface area contributed by atoms with E-state index in [1.807, 2.05) is 36.4 Å². The summed E-state index contributed by atoms with van der Waals surface area (Å²) in [5.41, 5.74) is 2.96. The van der Waals surface area contributed by atoms with Crippen LogP contribution in [0.15, 0.2) is 70.0 Å². The second-order valence-electron chi connectivity index (χ2n) is 6.27. The third-order valence-corrected chi connectivity index (χ3v) is 6.29. The van der Waals surface area contributed by atoms with Gasteiger partial charge < -0.3 is 4.74 Å². The molecule has 0 heterocycles. The maximum atomic E-state index is 12.3. The van der Waals surface area contributed by atoms with Crippen LogP contribution in [-0.2, 0) is 14.8 Å². The minimum Gasteiger partial charge on any atom is -0.481 e. The Bertz CT molecular complexity index is 1130. The number of ether oxygens (including phenoxy) is 1. The lowest BCUT2D eigenvalue weighted by Crippen LogP contribution is -2.47. The van der Waals surface area contributed by atoms with Crippen LogP contribution in [0.2, 0.25) is 0 Å². The predicted molar refractivity (Wildman–Crippen MR) is 111 cm³/mol. The number of aryl methyl sites for hydroxylation is 1. The molecule has 0 saturated heterocycles. The Morgan fingerprint density at radius 2 is 1.75 bits per heavy atom. The lowest BCUT2D eigenvalue weighted by Gasteiger charge is -2.16. The number of rotatable bonds is 6. The van der Waals surface area contributed by atoms with Gasteiger partial charge in [0.25, 0.3) is 15.9 Å². The van der Waals surface area contributed by atoms with Crippen molar-refractivity contribution < 1.29 is 17.9 Å². The van der Waals surface area contributed by atoms with Gasteiger partial charge >= 0.3 is 0 Å². The minimum absolute atomic E-state index is 0.0524. The van der Waals surface area contributed by atoms with Crippen LogP contribution < -0.4 is 15.0 Å². The van der Waals surface area contributed by atoms with Gasteiger partial charge in [-0.1, -0.05) is 46.3 Å². The standard InChI is InChI=1S/C20H19BrN2O4S/c1-13-11-18(9-10-19(13)21)28(25,26)23-22-20(24)14(2)27-17-8-7-15-5-3-4-6-16(15)12-17/h3-12,14,23H,1-2H3,(H,22,24). The molecule has 3 aromatic rings. The van der Waals surface area contributed by atoms with Crippen molar-refractivity contribution in [2.45, 2.75) is 24.8 Å². The summed E-state index contributed by atoms with van der Waals surface area (Å²) in [4.78, 5) is 14.4. The molecular formula is C20H19BrN2O4S. The molecule has 146 valence electrons. The number of hydrogen-bond acceptors (Lipinski definition) is 4. The van der Waals surface area contributed by atoms with Gasteiger partial charge in [0.2, 0.25) is 0 Å². The summed E-state index contributed by atoms with van der Waals surface area (Å²) < 4.78 is 31.1. The predicted octanol–water partition coefficient (Wildman–Crippen LogP) is 3.69. The van der Waals surface area contributed by atoms with E-state index in [0.29, 0.717) is 5.75 Å². The largest absolute Gasteiger partial charge is 0.481 e. The van der Waals surface area contributed by atoms with Gasteiger partial charge in [-0.05, 0) is 60.5 Å². The van der Waals surface area contributed by atoms with E-state index < -0.39 is 22.0 Å². The van der Waals surface area contributed by atoms with Gasteiger partial charge in [-0.3, -0.25) is 10.2 Å². The summed E-state index contributed by atoms with van der Waals surface area (Å²) in [5, 5.41) is 2.04. The van der Waals surface area contributed by atoms with Gasteiger partial charge in [0, 0.05) is 4.47 Å². The smallest absolute Gasteiger partial charge is 0.275 e. The average Bonchev–Trinajstić information content (AvgIpc) is 2.68. The van der Waals surface area contributed by atoms with Gasteiger partial charge in [-0.25, -0.2) is 8.42 Å². The first-order chi connectivity index (χ1) is 13.3. The minimum atomic E-state index is -3.89. The van der Waals surface area contributed by atoms with E-state index in [1.54, 1.807) is 26.0 Å². The topological polar surface area (TPSA) is 84.5 Å². The molecule has 1 amide bonds. The Labute approximate surface area is 172 Å². The van der Waals surface area contributed by atoms with E-state index in [1.165, 1.54) is 12.1 Å². The molecule has 28 heavy (non-hydrogen) atoms. The van der Waals surface area contributed by atoms with Crippen LogP contribution in [-0.4, -0.2) is 20.4 Å². The van der Waals surface area contributed by atoms with Crippen molar-refractivity contribution >= 4 is 42.6 Å². The third-order valence-electron chi connectivity index (χ3n) is 4.15. The molecule has 2 N–H and O–H groups in total. The van der Waals surface area contributed by atoms with Crippen LogP contribution in [0.25, 0.3) is 10.8 Å². The number of carbonyl (C=O) groups excluding carboxylic acids is 1. The first kappa shape index (κ1) is 20.3. The molecule has 8 heteroatoms. The summed E-state index contributed by atoms with van der Waals surface area (Å²) in [6, 6.07) is 17.9. The third kappa shape index (κ3) is 4.70. The van der Waals surface area contributed by atoms with Gasteiger partial charge in [0.15, 0.2) is 6.10 Å². The van der Waals surface area contributed by atoms with Gasteiger partial charge in [-0.2, -0.15) is 0 Å². The first-order valence-electron chi connectivity index (χ1n) is 8.49. The van der Waals surface area contributed by atoms with E-state index in [2.05, 4.69) is 26.2 Å². The molecular weight excluding hydrogens is 444 g/mol.